The van der Waals surface area contributed by atoms with Crippen molar-refractivity contribution >= 4 is 48.1 Å². The molecule has 0 aliphatic rings. The Labute approximate surface area is 741 Å². The van der Waals surface area contributed by atoms with Crippen molar-refractivity contribution in [2.45, 2.75) is 286 Å². The van der Waals surface area contributed by atoms with E-state index in [0.29, 0.717) is 26.4 Å². The number of aliphatic carboxylic acids is 1. The second-order valence-corrected chi connectivity index (χ2v) is 23.2. The summed E-state index contributed by atoms with van der Waals surface area (Å²) in [6.45, 7) is 22.2. The smallest absolute Gasteiger partial charge is 0.408 e. The summed E-state index contributed by atoms with van der Waals surface area (Å²) >= 11 is 0. The number of amides is 3. The fourth-order valence-corrected chi connectivity index (χ4v) is 6.40. The second kappa shape index (κ2) is 123. The first kappa shape index (κ1) is 181. The van der Waals surface area contributed by atoms with Crippen LogP contribution in [0.4, 0.5) is 14.4 Å². The topological polar surface area (TPSA) is 468 Å². The van der Waals surface area contributed by atoms with E-state index in [-0.39, 0.29) is 391 Å². The number of alkyl carbamates (subject to hydrolysis) is 3. The Morgan fingerprint density at radius 3 is 0.595 bits per heavy atom. The molecule has 0 heterocycles. The molecule has 0 aliphatic carbocycles. The van der Waals surface area contributed by atoms with Crippen molar-refractivity contribution in [3.8, 4) is 0 Å². The van der Waals surface area contributed by atoms with Crippen LogP contribution in [0.5, 0.6) is 0 Å². The van der Waals surface area contributed by atoms with Crippen LogP contribution in [0.25, 0.3) is 0 Å². The van der Waals surface area contributed by atoms with Crippen LogP contribution in [0, 0.1) is 0 Å². The maximum atomic E-state index is 12.0. The molecule has 0 saturated carbocycles. The number of hydrogen-bond donors (Lipinski definition) is 8. The van der Waals surface area contributed by atoms with E-state index in [1.165, 1.54) is 0 Å². The van der Waals surface area contributed by atoms with Gasteiger partial charge in [0.1, 0.15) is 87.3 Å². The Kier molecular flexibility index (Phi) is 184. The minimum atomic E-state index is -1.10. The quantitative estimate of drug-likeness (QED) is 0.0159. The molecule has 121 heavy (non-hydrogen) atoms. The molecule has 0 aromatic rings. The fraction of sp³-hybridized carbons (Fsp3) is 0.905. The average Bonchev–Trinajstić information content (AvgIpc) is 0.953. The summed E-state index contributed by atoms with van der Waals surface area (Å²) in [5.74, 6) is -3.10. The van der Waals surface area contributed by atoms with Gasteiger partial charge in [-0.1, -0.05) is 170 Å². The molecule has 0 radical (unpaired) electrons. The van der Waals surface area contributed by atoms with Crippen LogP contribution in [0.2, 0.25) is 0 Å². The van der Waals surface area contributed by atoms with Crippen molar-refractivity contribution in [2.24, 2.45) is 0 Å². The molecule has 758 valence electrons. The number of aliphatic hydroxyl groups excluding tert-OH is 4. The number of carbonyl (C=O) groups excluding carboxylic acids is 7. The maximum absolute atomic E-state index is 12.0. The number of rotatable bonds is 60. The average molecular weight is 1800 g/mol. The predicted molar refractivity (Wildman–Crippen MR) is 492 cm³/mol. The van der Waals surface area contributed by atoms with E-state index >= 15 is 0 Å². The Morgan fingerprint density at radius 1 is 0.248 bits per heavy atom. The third-order valence-electron chi connectivity index (χ3n) is 10.6. The van der Waals surface area contributed by atoms with Gasteiger partial charge in [0.25, 0.3) is 0 Å². The molecule has 37 heteroatoms. The molecular weight excluding hydrogens is 1590 g/mol. The Hall–Kier alpha value is -5.56. The van der Waals surface area contributed by atoms with Gasteiger partial charge in [-0.05, 0) is 62.3 Å². The molecule has 8 N–H and O–H groups in total. The van der Waals surface area contributed by atoms with E-state index < -0.39 is 71.7 Å². The van der Waals surface area contributed by atoms with E-state index in [9.17, 15) is 38.4 Å². The lowest BCUT2D eigenvalue weighted by atomic mass is 10.2. The van der Waals surface area contributed by atoms with Crippen LogP contribution in [-0.2, 0) is 123 Å². The highest BCUT2D eigenvalue weighted by molar-refractivity contribution is 5.79. The van der Waals surface area contributed by atoms with Crippen LogP contribution >= 0.6 is 0 Å². The SMILES string of the molecule is C.C.C.C.C.C.C.C.C.C.C.C.C.C.C.C.C.C.C.C.C.CC(C)(C)OC(=O)NCC(=O)O.CCC(=O)OCCOCC(COCCOC(=O)CC)OCCOCCOC(COCCOC(=O)CNC(=O)OC(C)(C)C)COCCOC(=O)CNC(=O)OC(C)(C)C.OCCOCC(COCCO)OCCOCCOC(COCCO)COCCO. The molecule has 0 rings (SSSR count). The molecule has 0 aromatic heterocycles. The first-order valence-corrected chi connectivity index (χ1v) is 32.9. The summed E-state index contributed by atoms with van der Waals surface area (Å²) in [5.41, 5.74) is -2.02. The van der Waals surface area contributed by atoms with E-state index in [0.717, 1.165) is 0 Å². The number of carbonyl (C=O) groups is 8. The maximum Gasteiger partial charge on any atom is 0.408 e. The molecule has 0 bridgehead atoms. The number of carboxylic acid groups (broad SMARTS) is 1. The number of aliphatic hydroxyl groups is 4. The van der Waals surface area contributed by atoms with Crippen molar-refractivity contribution in [3.63, 3.8) is 0 Å². The van der Waals surface area contributed by atoms with Crippen LogP contribution in [0.1, 0.15) is 245 Å². The van der Waals surface area contributed by atoms with Crippen molar-refractivity contribution < 1.29 is 163 Å². The molecule has 0 fully saturated rings. The van der Waals surface area contributed by atoms with Gasteiger partial charge in [0.15, 0.2) is 0 Å². The van der Waals surface area contributed by atoms with Crippen LogP contribution in [0.3, 0.4) is 0 Å². The lowest BCUT2D eigenvalue weighted by Gasteiger charge is -2.20. The van der Waals surface area contributed by atoms with Gasteiger partial charge < -0.3 is 141 Å². The molecule has 0 aliphatic heterocycles. The Morgan fingerprint density at radius 2 is 0.421 bits per heavy atom. The Bertz CT molecular complexity index is 1910. The van der Waals surface area contributed by atoms with Gasteiger partial charge in [-0.2, -0.15) is 0 Å². The van der Waals surface area contributed by atoms with Gasteiger partial charge >= 0.3 is 48.1 Å². The normalized spacial score (nSPS) is 9.51. The van der Waals surface area contributed by atoms with E-state index in [1.807, 2.05) is 0 Å². The molecule has 0 saturated heterocycles. The van der Waals surface area contributed by atoms with Gasteiger partial charge in [0.05, 0.1) is 185 Å². The minimum Gasteiger partial charge on any atom is -0.480 e. The molecule has 0 aromatic carbocycles. The summed E-state index contributed by atoms with van der Waals surface area (Å²) in [7, 11) is 0. The molecular formula is C84H203N3O34. The van der Waals surface area contributed by atoms with Gasteiger partial charge in [-0.3, -0.25) is 24.0 Å². The van der Waals surface area contributed by atoms with E-state index in [2.05, 4.69) is 16.0 Å². The largest absolute Gasteiger partial charge is 0.480 e. The van der Waals surface area contributed by atoms with Gasteiger partial charge in [-0.15, -0.1) is 0 Å². The molecule has 0 spiro atoms. The summed E-state index contributed by atoms with van der Waals surface area (Å²) in [6.07, 6.45) is -3.37. The lowest BCUT2D eigenvalue weighted by molar-refractivity contribution is -0.147. The highest BCUT2D eigenvalue weighted by Gasteiger charge is 2.21. The van der Waals surface area contributed by atoms with Crippen molar-refractivity contribution in [1.29, 1.82) is 0 Å². The van der Waals surface area contributed by atoms with Crippen LogP contribution in [-0.4, -0.2) is 346 Å². The highest BCUT2D eigenvalue weighted by atomic mass is 16.6. The standard InChI is InChI=1S/C38H68N2O19.C18H38O11.C7H13NO4.21CH4/c1-9-31(41)54-19-13-48-25-29(26-49-14-20-55-32(42)10-2)52-17-11-47-12-18-53-30(27-50-15-21-56-33(43)23-39-35(45)58-37(3,4)5)28-51-16-22-57-34(44)24-40-36(46)59-38(6,7)8;19-1-5-24-13-17(14-25-6-2-20)28-11-9-23-10-12-29-18(15-26-7-3-21)16-27-8-4-22;1-7(2,3)12-6(11)8-4-5(9)10;;;;;;;;;;;;;;;;;;;;;/h29-30H,9-28H2,1-8H3,(H,39,45)(H,40,46);17-22H,1-16H2;4H2,1-3H3,(H,8,11)(H,9,10);21*1H4. The minimum absolute atomic E-state index is 0. The molecule has 3 amide bonds. The second-order valence-electron chi connectivity index (χ2n) is 23.2. The summed E-state index contributed by atoms with van der Waals surface area (Å²) in [4.78, 5) is 90.8. The summed E-state index contributed by atoms with van der Waals surface area (Å²) in [5, 5.41) is 49.9. The molecule has 37 nitrogen and oxygen atoms in total. The number of nitrogens with one attached hydrogen (secondary N) is 3. The Balaban J connectivity index is -0.0000000591. The number of carboxylic acids is 1. The number of hydrogen-bond acceptors (Lipinski definition) is 33. The monoisotopic (exact) mass is 1800 g/mol. The number of ether oxygens (including phenoxy) is 21. The molecule has 0 atom stereocenters. The van der Waals surface area contributed by atoms with E-state index in [1.54, 1.807) is 76.2 Å². The molecule has 0 unspecified atom stereocenters. The van der Waals surface area contributed by atoms with Crippen molar-refractivity contribution in [2.75, 3.05) is 231 Å². The van der Waals surface area contributed by atoms with Crippen LogP contribution < -0.4 is 16.0 Å². The van der Waals surface area contributed by atoms with Crippen molar-refractivity contribution in [1.82, 2.24) is 16.0 Å². The van der Waals surface area contributed by atoms with Crippen molar-refractivity contribution in [3.05, 3.63) is 0 Å². The first-order valence-electron chi connectivity index (χ1n) is 32.9. The van der Waals surface area contributed by atoms with Gasteiger partial charge in [0.2, 0.25) is 0 Å². The van der Waals surface area contributed by atoms with Gasteiger partial charge in [-0.25, -0.2) is 14.4 Å². The highest BCUT2D eigenvalue weighted by Crippen LogP contribution is 2.09. The summed E-state index contributed by atoms with van der Waals surface area (Å²) in [6, 6.07) is 0. The zero-order valence-corrected chi connectivity index (χ0v) is 60.5. The fourth-order valence-electron chi connectivity index (χ4n) is 6.40. The van der Waals surface area contributed by atoms with Crippen LogP contribution in [0.15, 0.2) is 0 Å². The first-order chi connectivity index (χ1) is 47.5. The third kappa shape index (κ3) is 143. The number of esters is 4. The zero-order valence-electron chi connectivity index (χ0n) is 60.5. The third-order valence-corrected chi connectivity index (χ3v) is 10.6. The predicted octanol–water partition coefficient (Wildman–Crippen LogP) is 13.6. The van der Waals surface area contributed by atoms with Gasteiger partial charge in [0, 0.05) is 12.8 Å². The lowest BCUT2D eigenvalue weighted by Crippen LogP contribution is -2.36. The van der Waals surface area contributed by atoms with E-state index in [4.69, 9.17) is 125 Å². The summed E-state index contributed by atoms with van der Waals surface area (Å²) < 4.78 is 113. The zero-order chi connectivity index (χ0) is 75.6.